The van der Waals surface area contributed by atoms with Crippen molar-refractivity contribution in [3.05, 3.63) is 62.8 Å². The number of benzene rings is 2. The van der Waals surface area contributed by atoms with Crippen molar-refractivity contribution in [2.75, 3.05) is 5.32 Å². The van der Waals surface area contributed by atoms with Crippen molar-refractivity contribution in [3.8, 4) is 0 Å². The molecule has 3 rings (SSSR count). The summed E-state index contributed by atoms with van der Waals surface area (Å²) in [5.74, 6) is -0.105. The van der Waals surface area contributed by atoms with Crippen molar-refractivity contribution in [1.29, 1.82) is 0 Å². The average Bonchev–Trinajstić information content (AvgIpc) is 2.80. The highest BCUT2D eigenvalue weighted by Crippen LogP contribution is 2.38. The summed E-state index contributed by atoms with van der Waals surface area (Å²) in [6, 6.07) is 11.1. The summed E-state index contributed by atoms with van der Waals surface area (Å²) < 4.78 is 14.5. The van der Waals surface area contributed by atoms with Gasteiger partial charge in [-0.1, -0.05) is 29.8 Å². The third kappa shape index (κ3) is 2.37. The Morgan fingerprint density at radius 3 is 2.84 bits per heavy atom. The zero-order valence-electron chi connectivity index (χ0n) is 10.1. The molecule has 2 aromatic rings. The van der Waals surface area contributed by atoms with Gasteiger partial charge < -0.3 is 5.32 Å². The summed E-state index contributed by atoms with van der Waals surface area (Å²) >= 11 is 9.55. The first kappa shape index (κ1) is 12.9. The molecule has 0 fully saturated rings. The standard InChI is InChI=1S/C15H12BrClFN/c16-15-11(17)4-2-6-14(15)19-13-8-7-9-10(13)3-1-5-12(9)18/h1-6,13,19H,7-8H2. The van der Waals surface area contributed by atoms with E-state index >= 15 is 0 Å². The van der Waals surface area contributed by atoms with Gasteiger partial charge in [0.05, 0.1) is 21.2 Å². The van der Waals surface area contributed by atoms with Gasteiger partial charge >= 0.3 is 0 Å². The fraction of sp³-hybridized carbons (Fsp3) is 0.200. The van der Waals surface area contributed by atoms with Crippen LogP contribution in [0.3, 0.4) is 0 Å². The van der Waals surface area contributed by atoms with E-state index in [1.165, 1.54) is 6.07 Å². The minimum absolute atomic E-state index is 0.105. The van der Waals surface area contributed by atoms with Crippen LogP contribution >= 0.6 is 27.5 Å². The summed E-state index contributed by atoms with van der Waals surface area (Å²) in [6.45, 7) is 0. The van der Waals surface area contributed by atoms with Gasteiger partial charge in [0.15, 0.2) is 0 Å². The molecule has 1 N–H and O–H groups in total. The maximum Gasteiger partial charge on any atom is 0.126 e. The number of nitrogens with one attached hydrogen (secondary N) is 1. The highest BCUT2D eigenvalue weighted by atomic mass is 79.9. The number of hydrogen-bond acceptors (Lipinski definition) is 1. The molecule has 1 nitrogen and oxygen atoms in total. The van der Waals surface area contributed by atoms with E-state index in [1.54, 1.807) is 6.07 Å². The number of rotatable bonds is 2. The lowest BCUT2D eigenvalue weighted by Crippen LogP contribution is -2.07. The molecular formula is C15H12BrClFN. The summed E-state index contributed by atoms with van der Waals surface area (Å²) in [7, 11) is 0. The fourth-order valence-corrected chi connectivity index (χ4v) is 3.12. The number of hydrogen-bond donors (Lipinski definition) is 1. The average molecular weight is 341 g/mol. The molecule has 0 spiro atoms. The van der Waals surface area contributed by atoms with Crippen molar-refractivity contribution in [2.45, 2.75) is 18.9 Å². The molecule has 0 aromatic heterocycles. The second-order valence-electron chi connectivity index (χ2n) is 4.64. The van der Waals surface area contributed by atoms with Crippen LogP contribution in [-0.4, -0.2) is 0 Å². The molecule has 0 saturated carbocycles. The number of fused-ring (bicyclic) bond motifs is 1. The molecule has 98 valence electrons. The van der Waals surface area contributed by atoms with E-state index in [1.807, 2.05) is 24.3 Å². The van der Waals surface area contributed by atoms with Gasteiger partial charge in [0.2, 0.25) is 0 Å². The van der Waals surface area contributed by atoms with Crippen LogP contribution in [0.5, 0.6) is 0 Å². The Morgan fingerprint density at radius 2 is 2.00 bits per heavy atom. The van der Waals surface area contributed by atoms with Crippen LogP contribution in [0.15, 0.2) is 40.9 Å². The first-order chi connectivity index (χ1) is 9.16. The monoisotopic (exact) mass is 339 g/mol. The van der Waals surface area contributed by atoms with E-state index in [2.05, 4.69) is 21.2 Å². The Hall–Kier alpha value is -1.06. The summed E-state index contributed by atoms with van der Waals surface area (Å²) in [5.41, 5.74) is 2.82. The van der Waals surface area contributed by atoms with Gasteiger partial charge in [-0.25, -0.2) is 4.39 Å². The molecule has 0 amide bonds. The number of halogens is 3. The smallest absolute Gasteiger partial charge is 0.126 e. The van der Waals surface area contributed by atoms with Crippen LogP contribution in [0.1, 0.15) is 23.6 Å². The normalized spacial score (nSPS) is 17.3. The van der Waals surface area contributed by atoms with E-state index in [4.69, 9.17) is 11.6 Å². The molecule has 0 aliphatic heterocycles. The molecule has 4 heteroatoms. The zero-order chi connectivity index (χ0) is 13.4. The topological polar surface area (TPSA) is 12.0 Å². The third-order valence-corrected chi connectivity index (χ3v) is 4.89. The third-order valence-electron chi connectivity index (χ3n) is 3.49. The quantitative estimate of drug-likeness (QED) is 0.778. The maximum atomic E-state index is 13.7. The van der Waals surface area contributed by atoms with Gasteiger partial charge in [-0.15, -0.1) is 0 Å². The van der Waals surface area contributed by atoms with Crippen molar-refractivity contribution in [2.24, 2.45) is 0 Å². The highest BCUT2D eigenvalue weighted by molar-refractivity contribution is 9.10. The molecule has 0 heterocycles. The second kappa shape index (κ2) is 5.14. The Bertz CT molecular complexity index is 630. The predicted octanol–water partition coefficient (Wildman–Crippen LogP) is 5.34. The molecule has 0 radical (unpaired) electrons. The van der Waals surface area contributed by atoms with Crippen LogP contribution in [0, 0.1) is 5.82 Å². The van der Waals surface area contributed by atoms with Gasteiger partial charge in [0.1, 0.15) is 5.82 Å². The van der Waals surface area contributed by atoms with Crippen molar-refractivity contribution >= 4 is 33.2 Å². The van der Waals surface area contributed by atoms with E-state index < -0.39 is 0 Å². The molecule has 0 bridgehead atoms. The van der Waals surface area contributed by atoms with Gasteiger partial charge in [-0.05, 0) is 58.1 Å². The molecule has 1 unspecified atom stereocenters. The van der Waals surface area contributed by atoms with Crippen LogP contribution in [0.4, 0.5) is 10.1 Å². The molecule has 1 atom stereocenters. The molecule has 1 aliphatic rings. The van der Waals surface area contributed by atoms with Gasteiger partial charge in [-0.3, -0.25) is 0 Å². The van der Waals surface area contributed by atoms with Crippen LogP contribution in [0.2, 0.25) is 5.02 Å². The van der Waals surface area contributed by atoms with E-state index in [0.29, 0.717) is 5.02 Å². The van der Waals surface area contributed by atoms with Crippen LogP contribution in [0.25, 0.3) is 0 Å². The number of anilines is 1. The maximum absolute atomic E-state index is 13.7. The van der Waals surface area contributed by atoms with Gasteiger partial charge in [0.25, 0.3) is 0 Å². The molecular weight excluding hydrogens is 329 g/mol. The van der Waals surface area contributed by atoms with Gasteiger partial charge in [-0.2, -0.15) is 0 Å². The lowest BCUT2D eigenvalue weighted by Gasteiger charge is -2.17. The lowest BCUT2D eigenvalue weighted by molar-refractivity contribution is 0.612. The van der Waals surface area contributed by atoms with E-state index in [-0.39, 0.29) is 11.9 Å². The largest absolute Gasteiger partial charge is 0.377 e. The van der Waals surface area contributed by atoms with Gasteiger partial charge in [0, 0.05) is 0 Å². The SMILES string of the molecule is Fc1cccc2c1CCC2Nc1cccc(Cl)c1Br. The van der Waals surface area contributed by atoms with Crippen molar-refractivity contribution in [3.63, 3.8) is 0 Å². The summed E-state index contributed by atoms with van der Waals surface area (Å²) in [4.78, 5) is 0. The molecule has 0 saturated heterocycles. The van der Waals surface area contributed by atoms with E-state index in [9.17, 15) is 4.39 Å². The van der Waals surface area contributed by atoms with Crippen molar-refractivity contribution in [1.82, 2.24) is 0 Å². The lowest BCUT2D eigenvalue weighted by atomic mass is 10.1. The second-order valence-corrected chi connectivity index (χ2v) is 5.84. The van der Waals surface area contributed by atoms with Crippen LogP contribution in [-0.2, 0) is 6.42 Å². The van der Waals surface area contributed by atoms with E-state index in [0.717, 1.165) is 34.1 Å². The predicted molar refractivity (Wildman–Crippen MR) is 80.2 cm³/mol. The Balaban J connectivity index is 1.91. The summed E-state index contributed by atoms with van der Waals surface area (Å²) in [5, 5.41) is 4.10. The van der Waals surface area contributed by atoms with Crippen molar-refractivity contribution < 1.29 is 4.39 Å². The summed E-state index contributed by atoms with van der Waals surface area (Å²) in [6.07, 6.45) is 1.67. The first-order valence-electron chi connectivity index (χ1n) is 6.14. The minimum atomic E-state index is -0.105. The molecule has 19 heavy (non-hydrogen) atoms. The Kier molecular flexibility index (Phi) is 3.50. The zero-order valence-corrected chi connectivity index (χ0v) is 12.4. The molecule has 2 aromatic carbocycles. The first-order valence-corrected chi connectivity index (χ1v) is 7.32. The Morgan fingerprint density at radius 1 is 1.21 bits per heavy atom. The minimum Gasteiger partial charge on any atom is -0.377 e. The fourth-order valence-electron chi connectivity index (χ4n) is 2.56. The highest BCUT2D eigenvalue weighted by Gasteiger charge is 2.25. The van der Waals surface area contributed by atoms with Crippen LogP contribution < -0.4 is 5.32 Å². The molecule has 1 aliphatic carbocycles. The Labute approximate surface area is 124 Å².